The SMILES string of the molecule is NC(N)=NC(N)=Nc1ccc(Br)c(F)c1C(F)(F)F. The Kier molecular flexibility index (Phi) is 4.35. The van der Waals surface area contributed by atoms with Crippen molar-refractivity contribution in [3.63, 3.8) is 0 Å². The molecule has 0 atom stereocenters. The van der Waals surface area contributed by atoms with Gasteiger partial charge >= 0.3 is 6.18 Å². The molecule has 0 radical (unpaired) electrons. The molecular weight excluding hydrogens is 334 g/mol. The molecule has 0 aliphatic rings. The quantitative estimate of drug-likeness (QED) is 0.412. The fourth-order valence-electron chi connectivity index (χ4n) is 1.18. The molecule has 5 nitrogen and oxygen atoms in total. The number of hydrogen-bond acceptors (Lipinski definition) is 1. The van der Waals surface area contributed by atoms with Gasteiger partial charge in [-0.25, -0.2) is 9.38 Å². The van der Waals surface area contributed by atoms with Gasteiger partial charge in [0.05, 0.1) is 10.2 Å². The summed E-state index contributed by atoms with van der Waals surface area (Å²) >= 11 is 2.66. The van der Waals surface area contributed by atoms with E-state index in [0.717, 1.165) is 12.1 Å². The normalized spacial score (nSPS) is 12.4. The van der Waals surface area contributed by atoms with Gasteiger partial charge in [0.2, 0.25) is 5.96 Å². The molecule has 0 saturated carbocycles. The van der Waals surface area contributed by atoms with Crippen molar-refractivity contribution < 1.29 is 17.6 Å². The van der Waals surface area contributed by atoms with Crippen LogP contribution in [0.1, 0.15) is 5.56 Å². The van der Waals surface area contributed by atoms with Crippen molar-refractivity contribution in [1.82, 2.24) is 0 Å². The van der Waals surface area contributed by atoms with Gasteiger partial charge in [0.15, 0.2) is 11.8 Å². The van der Waals surface area contributed by atoms with Crippen LogP contribution in [-0.4, -0.2) is 11.9 Å². The molecule has 1 aromatic carbocycles. The highest BCUT2D eigenvalue weighted by Crippen LogP contribution is 2.40. The monoisotopic (exact) mass is 341 g/mol. The van der Waals surface area contributed by atoms with Crippen molar-refractivity contribution >= 4 is 33.5 Å². The van der Waals surface area contributed by atoms with Crippen molar-refractivity contribution in [3.05, 3.63) is 28.0 Å². The lowest BCUT2D eigenvalue weighted by molar-refractivity contribution is -0.139. The zero-order chi connectivity index (χ0) is 14.8. The average Bonchev–Trinajstić information content (AvgIpc) is 2.20. The molecule has 104 valence electrons. The van der Waals surface area contributed by atoms with Crippen LogP contribution >= 0.6 is 15.9 Å². The van der Waals surface area contributed by atoms with E-state index in [1.165, 1.54) is 0 Å². The van der Waals surface area contributed by atoms with Crippen LogP contribution in [-0.2, 0) is 6.18 Å². The van der Waals surface area contributed by atoms with E-state index in [4.69, 9.17) is 17.2 Å². The molecule has 0 saturated heterocycles. The Bertz CT molecular complexity index is 548. The molecule has 0 amide bonds. The Balaban J connectivity index is 3.46. The fraction of sp³-hybridized carbons (Fsp3) is 0.111. The number of rotatable bonds is 1. The molecule has 0 aromatic heterocycles. The number of hydrogen-bond donors (Lipinski definition) is 3. The van der Waals surface area contributed by atoms with E-state index in [0.29, 0.717) is 0 Å². The molecule has 6 N–H and O–H groups in total. The molecular formula is C9H8BrF4N5. The average molecular weight is 342 g/mol. The van der Waals surface area contributed by atoms with Crippen LogP contribution in [0.25, 0.3) is 0 Å². The van der Waals surface area contributed by atoms with Crippen molar-refractivity contribution in [1.29, 1.82) is 0 Å². The van der Waals surface area contributed by atoms with E-state index in [9.17, 15) is 17.6 Å². The molecule has 0 aliphatic carbocycles. The number of alkyl halides is 3. The molecule has 1 rings (SSSR count). The fourth-order valence-corrected chi connectivity index (χ4v) is 1.51. The minimum atomic E-state index is -4.94. The Morgan fingerprint density at radius 3 is 2.21 bits per heavy atom. The Morgan fingerprint density at radius 2 is 1.74 bits per heavy atom. The lowest BCUT2D eigenvalue weighted by atomic mass is 10.1. The second kappa shape index (κ2) is 5.43. The first-order chi connectivity index (χ1) is 8.62. The van der Waals surface area contributed by atoms with Crippen molar-refractivity contribution in [2.24, 2.45) is 27.2 Å². The van der Waals surface area contributed by atoms with E-state index in [1.807, 2.05) is 0 Å². The predicted octanol–water partition coefficient (Wildman–Crippen LogP) is 1.83. The number of halogens is 5. The Labute approximate surface area is 113 Å². The van der Waals surface area contributed by atoms with E-state index in [-0.39, 0.29) is 4.47 Å². The van der Waals surface area contributed by atoms with Gasteiger partial charge in [-0.15, -0.1) is 0 Å². The highest BCUT2D eigenvalue weighted by Gasteiger charge is 2.38. The first kappa shape index (κ1) is 15.2. The van der Waals surface area contributed by atoms with E-state index in [2.05, 4.69) is 25.9 Å². The van der Waals surface area contributed by atoms with Crippen LogP contribution in [0.5, 0.6) is 0 Å². The summed E-state index contributed by atoms with van der Waals surface area (Å²) in [7, 11) is 0. The van der Waals surface area contributed by atoms with Gasteiger partial charge in [0.25, 0.3) is 0 Å². The minimum Gasteiger partial charge on any atom is -0.370 e. The maximum absolute atomic E-state index is 13.5. The highest BCUT2D eigenvalue weighted by molar-refractivity contribution is 9.10. The summed E-state index contributed by atoms with van der Waals surface area (Å²) in [6.45, 7) is 0. The highest BCUT2D eigenvalue weighted by atomic mass is 79.9. The summed E-state index contributed by atoms with van der Waals surface area (Å²) in [5, 5.41) is 0. The maximum atomic E-state index is 13.5. The van der Waals surface area contributed by atoms with Crippen LogP contribution in [0.2, 0.25) is 0 Å². The van der Waals surface area contributed by atoms with Crippen LogP contribution in [0.15, 0.2) is 26.6 Å². The summed E-state index contributed by atoms with van der Waals surface area (Å²) < 4.78 is 51.4. The second-order valence-electron chi connectivity index (χ2n) is 3.26. The summed E-state index contributed by atoms with van der Waals surface area (Å²) in [4.78, 5) is 6.58. The van der Waals surface area contributed by atoms with Gasteiger partial charge in [-0.3, -0.25) is 0 Å². The van der Waals surface area contributed by atoms with Crippen LogP contribution in [0, 0.1) is 5.82 Å². The van der Waals surface area contributed by atoms with E-state index >= 15 is 0 Å². The molecule has 0 fully saturated rings. The number of nitrogens with two attached hydrogens (primary N) is 3. The molecule has 0 unspecified atom stereocenters. The Hall–Kier alpha value is -1.84. The number of aliphatic imine (C=N–C) groups is 2. The van der Waals surface area contributed by atoms with Crippen LogP contribution in [0.3, 0.4) is 0 Å². The molecule has 19 heavy (non-hydrogen) atoms. The van der Waals surface area contributed by atoms with Gasteiger partial charge in [-0.05, 0) is 28.1 Å². The topological polar surface area (TPSA) is 103 Å². The zero-order valence-electron chi connectivity index (χ0n) is 9.17. The third-order valence-electron chi connectivity index (χ3n) is 1.83. The lowest BCUT2D eigenvalue weighted by Crippen LogP contribution is -2.26. The number of nitrogens with zero attached hydrogens (tertiary/aromatic N) is 2. The molecule has 0 spiro atoms. The number of guanidine groups is 2. The third-order valence-corrected chi connectivity index (χ3v) is 2.45. The van der Waals surface area contributed by atoms with Crippen molar-refractivity contribution in [2.45, 2.75) is 6.18 Å². The summed E-state index contributed by atoms with van der Waals surface area (Å²) in [5.74, 6) is -2.59. The second-order valence-corrected chi connectivity index (χ2v) is 4.11. The molecule has 0 bridgehead atoms. The maximum Gasteiger partial charge on any atom is 0.421 e. The van der Waals surface area contributed by atoms with Crippen molar-refractivity contribution in [3.8, 4) is 0 Å². The van der Waals surface area contributed by atoms with Crippen molar-refractivity contribution in [2.75, 3.05) is 0 Å². The largest absolute Gasteiger partial charge is 0.421 e. The standard InChI is InChI=1S/C9H8BrF4N5/c10-3-1-2-4(18-8(17)19-7(15)16)5(6(3)11)9(12,13)14/h1-2H,(H6,15,16,17,18,19). The summed E-state index contributed by atoms with van der Waals surface area (Å²) in [5.41, 5.74) is 12.9. The molecule has 1 aromatic rings. The summed E-state index contributed by atoms with van der Waals surface area (Å²) in [6, 6.07) is 2.00. The molecule has 0 heterocycles. The predicted molar refractivity (Wildman–Crippen MR) is 66.2 cm³/mol. The van der Waals surface area contributed by atoms with Crippen LogP contribution < -0.4 is 17.2 Å². The van der Waals surface area contributed by atoms with E-state index < -0.39 is 35.2 Å². The van der Waals surface area contributed by atoms with Gasteiger partial charge in [-0.1, -0.05) is 0 Å². The first-order valence-electron chi connectivity index (χ1n) is 4.62. The van der Waals surface area contributed by atoms with Crippen LogP contribution in [0.4, 0.5) is 23.2 Å². The zero-order valence-corrected chi connectivity index (χ0v) is 10.8. The molecule has 10 heteroatoms. The van der Waals surface area contributed by atoms with Gasteiger partial charge in [0.1, 0.15) is 5.56 Å². The minimum absolute atomic E-state index is 0.348. The van der Waals surface area contributed by atoms with E-state index in [1.54, 1.807) is 0 Å². The van der Waals surface area contributed by atoms with Gasteiger partial charge < -0.3 is 17.2 Å². The first-order valence-corrected chi connectivity index (χ1v) is 5.41. The lowest BCUT2D eigenvalue weighted by Gasteiger charge is -2.12. The Morgan fingerprint density at radius 1 is 1.16 bits per heavy atom. The smallest absolute Gasteiger partial charge is 0.370 e. The van der Waals surface area contributed by atoms with Gasteiger partial charge in [-0.2, -0.15) is 18.2 Å². The summed E-state index contributed by atoms with van der Waals surface area (Å²) in [6.07, 6.45) is -4.94. The number of benzene rings is 1. The third kappa shape index (κ3) is 3.81. The molecule has 0 aliphatic heterocycles. The van der Waals surface area contributed by atoms with Gasteiger partial charge in [0, 0.05) is 0 Å².